The zero-order valence-corrected chi connectivity index (χ0v) is 15.5. The van der Waals surface area contributed by atoms with Crippen molar-refractivity contribution in [1.29, 1.82) is 0 Å². The van der Waals surface area contributed by atoms with Gasteiger partial charge < -0.3 is 9.64 Å². The highest BCUT2D eigenvalue weighted by molar-refractivity contribution is 6.03. The van der Waals surface area contributed by atoms with Gasteiger partial charge >= 0.3 is 0 Å². The van der Waals surface area contributed by atoms with Gasteiger partial charge in [0.2, 0.25) is 5.95 Å². The van der Waals surface area contributed by atoms with Gasteiger partial charge in [0, 0.05) is 30.5 Å². The number of nitrogens with zero attached hydrogens (tertiary/aromatic N) is 5. The highest BCUT2D eigenvalue weighted by Gasteiger charge is 2.14. The topological polar surface area (TPSA) is 93.1 Å². The predicted molar refractivity (Wildman–Crippen MR) is 105 cm³/mol. The normalized spacial score (nSPS) is 14.0. The molecule has 0 atom stereocenters. The fraction of sp³-hybridized carbons (Fsp3) is 0.250. The molecule has 1 amide bonds. The first-order valence-corrected chi connectivity index (χ1v) is 9.07. The Morgan fingerprint density at radius 3 is 2.54 bits per heavy atom. The van der Waals surface area contributed by atoms with E-state index in [9.17, 15) is 4.79 Å². The number of morpholine rings is 1. The summed E-state index contributed by atoms with van der Waals surface area (Å²) in [6, 6.07) is 13.0. The van der Waals surface area contributed by atoms with Crippen molar-refractivity contribution in [1.82, 2.24) is 19.9 Å². The lowest BCUT2D eigenvalue weighted by Crippen LogP contribution is -2.36. The first-order chi connectivity index (χ1) is 13.7. The van der Waals surface area contributed by atoms with Gasteiger partial charge in [-0.15, -0.1) is 0 Å². The molecule has 0 aliphatic carbocycles. The monoisotopic (exact) mass is 376 g/mol. The molecule has 0 radical (unpaired) electrons. The number of pyridine rings is 1. The van der Waals surface area contributed by atoms with Crippen LogP contribution in [0.25, 0.3) is 11.5 Å². The molecule has 1 fully saturated rings. The lowest BCUT2D eigenvalue weighted by molar-refractivity contribution is 0.102. The van der Waals surface area contributed by atoms with E-state index in [1.54, 1.807) is 25.3 Å². The molecule has 4 rings (SSSR count). The zero-order chi connectivity index (χ0) is 19.3. The Morgan fingerprint density at radius 2 is 1.82 bits per heavy atom. The number of anilines is 2. The summed E-state index contributed by atoms with van der Waals surface area (Å²) in [6.07, 6.45) is 1.67. The Kier molecular flexibility index (Phi) is 5.20. The number of hydrogen-bond acceptors (Lipinski definition) is 7. The van der Waals surface area contributed by atoms with Crippen molar-refractivity contribution in [3.05, 3.63) is 60.0 Å². The first kappa shape index (κ1) is 18.0. The summed E-state index contributed by atoms with van der Waals surface area (Å²) in [4.78, 5) is 31.9. The maximum Gasteiger partial charge on any atom is 0.258 e. The third kappa shape index (κ3) is 4.12. The molecular formula is C20H20N6O2. The average Bonchev–Trinajstić information content (AvgIpc) is 2.75. The molecule has 0 bridgehead atoms. The number of benzene rings is 1. The van der Waals surface area contributed by atoms with Gasteiger partial charge in [-0.25, -0.2) is 4.98 Å². The largest absolute Gasteiger partial charge is 0.378 e. The minimum atomic E-state index is -0.272. The number of carbonyl (C=O) groups is 1. The molecule has 1 saturated heterocycles. The maximum absolute atomic E-state index is 12.6. The molecule has 3 heterocycles. The Morgan fingerprint density at radius 1 is 1.04 bits per heavy atom. The third-order valence-electron chi connectivity index (χ3n) is 4.37. The van der Waals surface area contributed by atoms with Crippen molar-refractivity contribution < 1.29 is 9.53 Å². The molecule has 0 saturated carbocycles. The summed E-state index contributed by atoms with van der Waals surface area (Å²) in [7, 11) is 0. The van der Waals surface area contributed by atoms with Crippen LogP contribution in [0.5, 0.6) is 0 Å². The lowest BCUT2D eigenvalue weighted by atomic mass is 10.2. The van der Waals surface area contributed by atoms with Crippen molar-refractivity contribution in [2.45, 2.75) is 6.92 Å². The molecule has 0 spiro atoms. The van der Waals surface area contributed by atoms with E-state index in [1.807, 2.05) is 30.3 Å². The number of ether oxygens (including phenoxy) is 1. The molecule has 3 aromatic rings. The number of aryl methyl sites for hydroxylation is 1. The second kappa shape index (κ2) is 8.10. The number of aromatic nitrogens is 4. The van der Waals surface area contributed by atoms with Crippen molar-refractivity contribution in [2.24, 2.45) is 0 Å². The van der Waals surface area contributed by atoms with Crippen LogP contribution in [0.15, 0.2) is 48.7 Å². The van der Waals surface area contributed by atoms with E-state index in [2.05, 4.69) is 30.2 Å². The van der Waals surface area contributed by atoms with Crippen LogP contribution in [-0.4, -0.2) is 52.1 Å². The van der Waals surface area contributed by atoms with Crippen LogP contribution in [0, 0.1) is 6.92 Å². The number of rotatable bonds is 4. The molecular weight excluding hydrogens is 356 g/mol. The minimum absolute atomic E-state index is 0.204. The summed E-state index contributed by atoms with van der Waals surface area (Å²) in [5, 5.41) is 2.75. The Balaban J connectivity index is 1.49. The fourth-order valence-corrected chi connectivity index (χ4v) is 2.97. The minimum Gasteiger partial charge on any atom is -0.378 e. The maximum atomic E-state index is 12.6. The SMILES string of the molecule is Cc1nc(NC(=O)c2ccc(N3CCOCC3)cc2)nc(-c2ccccn2)n1. The quantitative estimate of drug-likeness (QED) is 0.747. The Labute approximate surface area is 162 Å². The van der Waals surface area contributed by atoms with Crippen molar-refractivity contribution in [3.8, 4) is 11.5 Å². The molecule has 2 aromatic heterocycles. The molecule has 142 valence electrons. The van der Waals surface area contributed by atoms with Crippen LogP contribution in [0.2, 0.25) is 0 Å². The third-order valence-corrected chi connectivity index (χ3v) is 4.37. The van der Waals surface area contributed by atoms with Crippen molar-refractivity contribution in [3.63, 3.8) is 0 Å². The second-order valence-corrected chi connectivity index (χ2v) is 6.35. The molecule has 1 aliphatic rings. The predicted octanol–water partition coefficient (Wildman–Crippen LogP) is 2.33. The smallest absolute Gasteiger partial charge is 0.258 e. The number of amides is 1. The highest BCUT2D eigenvalue weighted by Crippen LogP contribution is 2.18. The Bertz CT molecular complexity index is 956. The Hall–Kier alpha value is -3.39. The molecule has 0 unspecified atom stereocenters. The molecule has 8 nitrogen and oxygen atoms in total. The van der Waals surface area contributed by atoms with E-state index in [-0.39, 0.29) is 11.9 Å². The van der Waals surface area contributed by atoms with Crippen LogP contribution in [0.3, 0.4) is 0 Å². The van der Waals surface area contributed by atoms with Crippen LogP contribution >= 0.6 is 0 Å². The summed E-state index contributed by atoms with van der Waals surface area (Å²) < 4.78 is 5.37. The van der Waals surface area contributed by atoms with E-state index < -0.39 is 0 Å². The van der Waals surface area contributed by atoms with Gasteiger partial charge in [-0.1, -0.05) is 6.07 Å². The molecule has 28 heavy (non-hydrogen) atoms. The molecule has 1 aromatic carbocycles. The first-order valence-electron chi connectivity index (χ1n) is 9.07. The number of hydrogen-bond donors (Lipinski definition) is 1. The summed E-state index contributed by atoms with van der Waals surface area (Å²) in [5.74, 6) is 0.862. The number of carbonyl (C=O) groups excluding carboxylic acids is 1. The standard InChI is InChI=1S/C20H20N6O2/c1-14-22-18(17-4-2-3-9-21-17)24-20(23-14)25-19(27)15-5-7-16(8-6-15)26-10-12-28-13-11-26/h2-9H,10-13H2,1H3,(H,22,23,24,25,27). The van der Waals surface area contributed by atoms with Gasteiger partial charge in [-0.3, -0.25) is 15.1 Å². The van der Waals surface area contributed by atoms with E-state index in [0.717, 1.165) is 32.0 Å². The van der Waals surface area contributed by atoms with Crippen LogP contribution in [0.1, 0.15) is 16.2 Å². The van der Waals surface area contributed by atoms with Crippen molar-refractivity contribution in [2.75, 3.05) is 36.5 Å². The van der Waals surface area contributed by atoms with Crippen LogP contribution < -0.4 is 10.2 Å². The van der Waals surface area contributed by atoms with Crippen molar-refractivity contribution >= 4 is 17.5 Å². The van der Waals surface area contributed by atoms with Crippen LogP contribution in [0.4, 0.5) is 11.6 Å². The molecule has 1 N–H and O–H groups in total. The second-order valence-electron chi connectivity index (χ2n) is 6.35. The zero-order valence-electron chi connectivity index (χ0n) is 15.5. The average molecular weight is 376 g/mol. The summed E-state index contributed by atoms with van der Waals surface area (Å²) in [6.45, 7) is 4.90. The van der Waals surface area contributed by atoms with Gasteiger partial charge in [0.1, 0.15) is 11.5 Å². The van der Waals surface area contributed by atoms with Gasteiger partial charge in [0.15, 0.2) is 5.82 Å². The summed E-state index contributed by atoms with van der Waals surface area (Å²) >= 11 is 0. The van der Waals surface area contributed by atoms with E-state index in [0.29, 0.717) is 22.9 Å². The molecule has 8 heteroatoms. The van der Waals surface area contributed by atoms with E-state index in [1.165, 1.54) is 0 Å². The van der Waals surface area contributed by atoms with Gasteiger partial charge in [-0.2, -0.15) is 9.97 Å². The van der Waals surface area contributed by atoms with Gasteiger partial charge in [0.25, 0.3) is 5.91 Å². The van der Waals surface area contributed by atoms with Crippen LogP contribution in [-0.2, 0) is 4.74 Å². The van der Waals surface area contributed by atoms with E-state index in [4.69, 9.17) is 4.74 Å². The number of nitrogens with one attached hydrogen (secondary N) is 1. The van der Waals surface area contributed by atoms with Gasteiger partial charge in [0.05, 0.1) is 13.2 Å². The lowest BCUT2D eigenvalue weighted by Gasteiger charge is -2.28. The fourth-order valence-electron chi connectivity index (χ4n) is 2.97. The molecule has 1 aliphatic heterocycles. The highest BCUT2D eigenvalue weighted by atomic mass is 16.5. The van der Waals surface area contributed by atoms with E-state index >= 15 is 0 Å². The summed E-state index contributed by atoms with van der Waals surface area (Å²) in [5.41, 5.74) is 2.24. The van der Waals surface area contributed by atoms with Gasteiger partial charge in [-0.05, 0) is 43.3 Å².